The van der Waals surface area contributed by atoms with Gasteiger partial charge in [-0.15, -0.1) is 0 Å². The molecule has 4 aliphatic rings. The molecule has 10 nitrogen and oxygen atoms in total. The minimum Gasteiger partial charge on any atom is -0.619 e. The highest BCUT2D eigenvalue weighted by Gasteiger charge is 2.51. The van der Waals surface area contributed by atoms with Crippen molar-refractivity contribution in [3.05, 3.63) is 128 Å². The van der Waals surface area contributed by atoms with Crippen LogP contribution in [0.3, 0.4) is 0 Å². The number of halogens is 2. The first-order valence-electron chi connectivity index (χ1n) is 18.4. The molecule has 4 aromatic rings. The molecular formula is C42H45Cl2N3O7. The molecule has 54 heavy (non-hydrogen) atoms. The number of ether oxygens (including phenoxy) is 3. The lowest BCUT2D eigenvalue weighted by Crippen LogP contribution is -2.60. The monoisotopic (exact) mass is 773 g/mol. The van der Waals surface area contributed by atoms with Crippen LogP contribution in [0.4, 0.5) is 0 Å². The van der Waals surface area contributed by atoms with Gasteiger partial charge in [0.25, 0.3) is 0 Å². The Morgan fingerprint density at radius 2 is 1.67 bits per heavy atom. The third kappa shape index (κ3) is 7.75. The lowest BCUT2D eigenvalue weighted by atomic mass is 9.64. The highest BCUT2D eigenvalue weighted by Crippen LogP contribution is 2.46. The lowest BCUT2D eigenvalue weighted by molar-refractivity contribution is -0.605. The zero-order chi connectivity index (χ0) is 38.0. The van der Waals surface area contributed by atoms with Gasteiger partial charge in [0.1, 0.15) is 16.1 Å². The highest BCUT2D eigenvalue weighted by atomic mass is 35.5. The summed E-state index contributed by atoms with van der Waals surface area (Å²) >= 11 is 12.9. The van der Waals surface area contributed by atoms with Gasteiger partial charge in [-0.1, -0.05) is 71.7 Å². The maximum Gasteiger partial charge on any atom is 0.338 e. The molecule has 5 heterocycles. The number of carboxylic acids is 1. The third-order valence-electron chi connectivity index (χ3n) is 11.8. The molecule has 1 aromatic heterocycles. The van der Waals surface area contributed by atoms with Crippen LogP contribution >= 0.6 is 23.2 Å². The Labute approximate surface area is 325 Å². The number of fused-ring (bicyclic) bond motifs is 3. The largest absolute Gasteiger partial charge is 0.619 e. The van der Waals surface area contributed by atoms with E-state index in [0.29, 0.717) is 70.7 Å². The molecule has 0 saturated carbocycles. The van der Waals surface area contributed by atoms with E-state index in [9.17, 15) is 19.9 Å². The van der Waals surface area contributed by atoms with Crippen molar-refractivity contribution in [2.24, 2.45) is 11.8 Å². The number of carboxylic acid groups (broad SMARTS) is 1. The van der Waals surface area contributed by atoms with Crippen LogP contribution in [0.1, 0.15) is 64.4 Å². The van der Waals surface area contributed by atoms with E-state index in [1.807, 2.05) is 48.5 Å². The normalized spacial score (nSPS) is 24.4. The lowest BCUT2D eigenvalue weighted by Gasteiger charge is -2.54. The molecule has 0 radical (unpaired) electrons. The van der Waals surface area contributed by atoms with Crippen LogP contribution in [-0.4, -0.2) is 73.3 Å². The fraction of sp³-hybridized carbons (Fsp3) is 0.405. The topological polar surface area (TPSA) is 115 Å². The number of pyridine rings is 1. The van der Waals surface area contributed by atoms with E-state index < -0.39 is 23.5 Å². The minimum atomic E-state index is -0.961. The van der Waals surface area contributed by atoms with Gasteiger partial charge in [-0.25, -0.2) is 4.79 Å². The van der Waals surface area contributed by atoms with Gasteiger partial charge in [0.05, 0.1) is 25.2 Å². The first kappa shape index (κ1) is 37.9. The van der Waals surface area contributed by atoms with Crippen molar-refractivity contribution in [1.82, 2.24) is 9.80 Å². The number of benzene rings is 3. The Hall–Kier alpha value is -4.35. The zero-order valence-electron chi connectivity index (χ0n) is 30.5. The maximum absolute atomic E-state index is 14.0. The summed E-state index contributed by atoms with van der Waals surface area (Å²) in [5.41, 5.74) is 2.30. The first-order valence-corrected chi connectivity index (χ1v) is 19.2. The van der Waals surface area contributed by atoms with Crippen LogP contribution in [-0.2, 0) is 27.9 Å². The molecule has 0 spiro atoms. The summed E-state index contributed by atoms with van der Waals surface area (Å²) < 4.78 is 17.7. The van der Waals surface area contributed by atoms with Crippen LogP contribution in [0.15, 0.2) is 85.2 Å². The summed E-state index contributed by atoms with van der Waals surface area (Å²) in [5.74, 6) is 0.584. The summed E-state index contributed by atoms with van der Waals surface area (Å²) in [4.78, 5) is 32.1. The molecule has 2 bridgehead atoms. The fourth-order valence-electron chi connectivity index (χ4n) is 8.91. The van der Waals surface area contributed by atoms with E-state index >= 15 is 0 Å². The van der Waals surface area contributed by atoms with Crippen molar-refractivity contribution in [2.45, 2.75) is 56.2 Å². The second-order valence-electron chi connectivity index (χ2n) is 14.8. The zero-order valence-corrected chi connectivity index (χ0v) is 32.0. The molecule has 1 N–H and O–H groups in total. The number of aromatic nitrogens is 1. The van der Waals surface area contributed by atoms with Gasteiger partial charge in [-0.2, -0.15) is 4.73 Å². The summed E-state index contributed by atoms with van der Waals surface area (Å²) in [6.07, 6.45) is 4.99. The molecule has 2 unspecified atom stereocenters. The van der Waals surface area contributed by atoms with Gasteiger partial charge < -0.3 is 29.4 Å². The fourth-order valence-corrected chi connectivity index (χ4v) is 9.51. The molecule has 0 aliphatic carbocycles. The van der Waals surface area contributed by atoms with E-state index in [0.717, 1.165) is 43.6 Å². The van der Waals surface area contributed by atoms with Crippen molar-refractivity contribution in [2.75, 3.05) is 40.4 Å². The van der Waals surface area contributed by atoms with Crippen LogP contribution < -0.4 is 14.2 Å². The Bertz CT molecular complexity index is 1970. The SMILES string of the molecule is COc1ccc([C@H](Cc2c(Cl)c[n+]([O-])cc2Cl)OC(=O)c2cccc(CN3CCC(C(=O)O)(c4ccccc4)CC3[C@H]3CN4CCC3CC4)c2)cc1OC. The van der Waals surface area contributed by atoms with Gasteiger partial charge in [0.2, 0.25) is 0 Å². The highest BCUT2D eigenvalue weighted by molar-refractivity contribution is 6.35. The molecule has 3 aromatic carbocycles. The molecule has 284 valence electrons. The van der Waals surface area contributed by atoms with Gasteiger partial charge in [0, 0.05) is 37.7 Å². The summed E-state index contributed by atoms with van der Waals surface area (Å²) in [6, 6.07) is 22.5. The van der Waals surface area contributed by atoms with Gasteiger partial charge in [-0.3, -0.25) is 9.69 Å². The standard InChI is InChI=1S/C42H45Cl2N3O7/c1-52-37-12-11-29(20-39(37)53-2)38(21-32-34(43)25-47(51)26-35(32)44)54-40(48)30-8-6-7-27(19-30)23-46-18-15-42(41(49)50,31-9-4-3-5-10-31)22-36(46)33-24-45-16-13-28(33)14-17-45/h3-12,19-20,25-26,28,33,36,38H,13-18,21-24H2,1-2H3,(H,49,50)/t33-,36?,38-,42?/m0/s1. The number of carbonyl (C=O) groups is 2. The smallest absolute Gasteiger partial charge is 0.338 e. The van der Waals surface area contributed by atoms with E-state index in [2.05, 4.69) is 9.80 Å². The van der Waals surface area contributed by atoms with E-state index in [4.69, 9.17) is 37.4 Å². The van der Waals surface area contributed by atoms with Crippen LogP contribution in [0.5, 0.6) is 11.5 Å². The summed E-state index contributed by atoms with van der Waals surface area (Å²) in [6.45, 7) is 4.37. The number of carbonyl (C=O) groups excluding carboxylic acids is 1. The Morgan fingerprint density at radius 1 is 0.944 bits per heavy atom. The predicted octanol–water partition coefficient (Wildman–Crippen LogP) is 7.11. The summed E-state index contributed by atoms with van der Waals surface area (Å²) in [5, 5.41) is 23.1. The minimum absolute atomic E-state index is 0.0568. The van der Waals surface area contributed by atoms with Crippen molar-refractivity contribution < 1.29 is 33.6 Å². The number of piperidine rings is 4. The second-order valence-corrected chi connectivity index (χ2v) is 15.6. The summed E-state index contributed by atoms with van der Waals surface area (Å²) in [7, 11) is 3.07. The Balaban J connectivity index is 1.16. The van der Waals surface area contributed by atoms with E-state index in [1.54, 1.807) is 31.4 Å². The second kappa shape index (κ2) is 16.2. The molecular weight excluding hydrogens is 729 g/mol. The first-order chi connectivity index (χ1) is 26.1. The molecule has 4 fully saturated rings. The number of esters is 1. The van der Waals surface area contributed by atoms with E-state index in [1.165, 1.54) is 19.5 Å². The average molecular weight is 775 g/mol. The number of hydrogen-bond acceptors (Lipinski definition) is 8. The number of nitrogens with zero attached hydrogens (tertiary/aromatic N) is 3. The van der Waals surface area contributed by atoms with Crippen molar-refractivity contribution in [3.8, 4) is 11.5 Å². The van der Waals surface area contributed by atoms with Crippen molar-refractivity contribution in [1.29, 1.82) is 0 Å². The molecule has 12 heteroatoms. The maximum atomic E-state index is 14.0. The quantitative estimate of drug-likeness (QED) is 0.0914. The predicted molar refractivity (Wildman–Crippen MR) is 205 cm³/mol. The number of aliphatic carboxylic acids is 1. The number of hydrogen-bond donors (Lipinski definition) is 1. The van der Waals surface area contributed by atoms with Crippen LogP contribution in [0, 0.1) is 17.0 Å². The van der Waals surface area contributed by atoms with Gasteiger partial charge in [-0.05, 0) is 91.6 Å². The molecule has 4 saturated heterocycles. The molecule has 4 atom stereocenters. The van der Waals surface area contributed by atoms with Gasteiger partial charge >= 0.3 is 11.9 Å². The molecule has 0 amide bonds. The van der Waals surface area contributed by atoms with E-state index in [-0.39, 0.29) is 22.5 Å². The van der Waals surface area contributed by atoms with Crippen molar-refractivity contribution in [3.63, 3.8) is 0 Å². The number of rotatable bonds is 12. The number of methoxy groups -OCH3 is 2. The van der Waals surface area contributed by atoms with Crippen LogP contribution in [0.2, 0.25) is 10.0 Å². The third-order valence-corrected chi connectivity index (χ3v) is 12.5. The molecule has 4 aliphatic heterocycles. The average Bonchev–Trinajstić information content (AvgIpc) is 3.19. The van der Waals surface area contributed by atoms with Gasteiger partial charge in [0.15, 0.2) is 23.9 Å². The van der Waals surface area contributed by atoms with Crippen LogP contribution in [0.25, 0.3) is 0 Å². The Morgan fingerprint density at radius 3 is 2.31 bits per heavy atom. The Kier molecular flexibility index (Phi) is 11.4. The van der Waals surface area contributed by atoms with Crippen molar-refractivity contribution >= 4 is 35.1 Å². The number of likely N-dealkylation sites (tertiary alicyclic amines) is 1. The molecule has 8 rings (SSSR count).